The molecule has 1 amide bonds. The fourth-order valence-corrected chi connectivity index (χ4v) is 2.28. The first-order chi connectivity index (χ1) is 8.99. The highest BCUT2D eigenvalue weighted by Gasteiger charge is 2.25. The van der Waals surface area contributed by atoms with E-state index in [1.165, 1.54) is 5.56 Å². The lowest BCUT2D eigenvalue weighted by Gasteiger charge is -2.37. The van der Waals surface area contributed by atoms with Gasteiger partial charge in [-0.2, -0.15) is 0 Å². The van der Waals surface area contributed by atoms with Crippen molar-refractivity contribution >= 4 is 5.91 Å². The average molecular weight is 256 g/mol. The van der Waals surface area contributed by atoms with Gasteiger partial charge in [-0.15, -0.1) is 0 Å². The lowest BCUT2D eigenvalue weighted by Crippen LogP contribution is -2.40. The Morgan fingerprint density at radius 2 is 2.00 bits per heavy atom. The summed E-state index contributed by atoms with van der Waals surface area (Å²) in [5, 5.41) is 0. The standard InChI is InChI=1S/C16H20N2O/c1-16(2,11-13-7-4-3-5-8-13)18-10-6-9-14(12-18)15(17)19/h3-8,10,12H,9,11H2,1-2H3,(H2,17,19). The summed E-state index contributed by atoms with van der Waals surface area (Å²) in [5.74, 6) is -0.343. The van der Waals surface area contributed by atoms with Crippen molar-refractivity contribution < 1.29 is 4.79 Å². The van der Waals surface area contributed by atoms with Crippen molar-refractivity contribution in [2.75, 3.05) is 0 Å². The Hall–Kier alpha value is -2.03. The Balaban J connectivity index is 2.17. The first-order valence-corrected chi connectivity index (χ1v) is 6.48. The minimum absolute atomic E-state index is 0.0982. The first-order valence-electron chi connectivity index (χ1n) is 6.48. The van der Waals surface area contributed by atoms with Crippen LogP contribution in [0.3, 0.4) is 0 Å². The number of carbonyl (C=O) groups is 1. The minimum atomic E-state index is -0.343. The average Bonchev–Trinajstić information content (AvgIpc) is 2.39. The Morgan fingerprint density at radius 1 is 1.32 bits per heavy atom. The highest BCUT2D eigenvalue weighted by molar-refractivity contribution is 5.92. The summed E-state index contributed by atoms with van der Waals surface area (Å²) >= 11 is 0. The molecule has 1 aromatic rings. The maximum atomic E-state index is 11.3. The van der Waals surface area contributed by atoms with Crippen molar-refractivity contribution in [2.24, 2.45) is 5.73 Å². The number of amides is 1. The van der Waals surface area contributed by atoms with Gasteiger partial charge in [-0.3, -0.25) is 4.79 Å². The number of benzene rings is 1. The van der Waals surface area contributed by atoms with Gasteiger partial charge < -0.3 is 10.6 Å². The number of allylic oxidation sites excluding steroid dienone is 1. The van der Waals surface area contributed by atoms with Gasteiger partial charge in [0.1, 0.15) is 0 Å². The van der Waals surface area contributed by atoms with E-state index < -0.39 is 0 Å². The molecule has 0 spiro atoms. The van der Waals surface area contributed by atoms with E-state index >= 15 is 0 Å². The number of primary amides is 1. The molecule has 1 aliphatic rings. The Kier molecular flexibility index (Phi) is 3.74. The molecular weight excluding hydrogens is 236 g/mol. The van der Waals surface area contributed by atoms with Crippen LogP contribution in [0.2, 0.25) is 0 Å². The van der Waals surface area contributed by atoms with Crippen molar-refractivity contribution in [1.29, 1.82) is 0 Å². The molecule has 0 unspecified atom stereocenters. The fraction of sp³-hybridized carbons (Fsp3) is 0.312. The number of rotatable bonds is 4. The predicted octanol–water partition coefficient (Wildman–Crippen LogP) is 2.60. The highest BCUT2D eigenvalue weighted by Crippen LogP contribution is 2.25. The summed E-state index contributed by atoms with van der Waals surface area (Å²) in [7, 11) is 0. The van der Waals surface area contributed by atoms with Crippen molar-refractivity contribution in [3.8, 4) is 0 Å². The lowest BCUT2D eigenvalue weighted by molar-refractivity contribution is -0.114. The molecule has 0 bridgehead atoms. The second-order valence-corrected chi connectivity index (χ2v) is 5.49. The molecule has 2 rings (SSSR count). The third-order valence-electron chi connectivity index (χ3n) is 3.39. The van der Waals surface area contributed by atoms with E-state index in [4.69, 9.17) is 5.73 Å². The molecule has 2 N–H and O–H groups in total. The maximum absolute atomic E-state index is 11.3. The van der Waals surface area contributed by atoms with Gasteiger partial charge in [0.25, 0.3) is 0 Å². The van der Waals surface area contributed by atoms with Gasteiger partial charge >= 0.3 is 0 Å². The number of hydrogen-bond acceptors (Lipinski definition) is 2. The quantitative estimate of drug-likeness (QED) is 0.900. The van der Waals surface area contributed by atoms with Gasteiger partial charge in [-0.25, -0.2) is 0 Å². The van der Waals surface area contributed by atoms with Crippen molar-refractivity contribution in [3.05, 3.63) is 59.9 Å². The highest BCUT2D eigenvalue weighted by atomic mass is 16.1. The molecule has 0 radical (unpaired) electrons. The van der Waals surface area contributed by atoms with Gasteiger partial charge in [-0.1, -0.05) is 36.4 Å². The van der Waals surface area contributed by atoms with Crippen molar-refractivity contribution in [2.45, 2.75) is 32.2 Å². The molecule has 0 saturated carbocycles. The predicted molar refractivity (Wildman–Crippen MR) is 77.1 cm³/mol. The van der Waals surface area contributed by atoms with Gasteiger partial charge in [0.05, 0.1) is 0 Å². The smallest absolute Gasteiger partial charge is 0.246 e. The van der Waals surface area contributed by atoms with Gasteiger partial charge in [0, 0.05) is 23.5 Å². The molecule has 3 heteroatoms. The van der Waals surface area contributed by atoms with Crippen molar-refractivity contribution in [1.82, 2.24) is 4.90 Å². The number of nitrogens with two attached hydrogens (primary N) is 1. The van der Waals surface area contributed by atoms with Crippen molar-refractivity contribution in [3.63, 3.8) is 0 Å². The molecule has 100 valence electrons. The summed E-state index contributed by atoms with van der Waals surface area (Å²) < 4.78 is 0. The molecule has 0 saturated heterocycles. The lowest BCUT2D eigenvalue weighted by atomic mass is 9.92. The number of carbonyl (C=O) groups excluding carboxylic acids is 1. The molecule has 1 aliphatic heterocycles. The van der Waals surface area contributed by atoms with Crippen LogP contribution >= 0.6 is 0 Å². The van der Waals surface area contributed by atoms with Gasteiger partial charge in [-0.05, 0) is 32.3 Å². The van der Waals surface area contributed by atoms with E-state index in [0.29, 0.717) is 12.0 Å². The van der Waals surface area contributed by atoms with Crippen LogP contribution in [0, 0.1) is 0 Å². The largest absolute Gasteiger partial charge is 0.366 e. The summed E-state index contributed by atoms with van der Waals surface area (Å²) in [5.41, 5.74) is 7.19. The van der Waals surface area contributed by atoms with E-state index in [1.807, 2.05) is 36.7 Å². The summed E-state index contributed by atoms with van der Waals surface area (Å²) in [6, 6.07) is 10.3. The zero-order valence-electron chi connectivity index (χ0n) is 11.5. The van der Waals surface area contributed by atoms with Crippen LogP contribution < -0.4 is 5.73 Å². The van der Waals surface area contributed by atoms with Crippen LogP contribution in [0.5, 0.6) is 0 Å². The molecule has 19 heavy (non-hydrogen) atoms. The monoisotopic (exact) mass is 256 g/mol. The Morgan fingerprint density at radius 3 is 2.63 bits per heavy atom. The second kappa shape index (κ2) is 5.31. The maximum Gasteiger partial charge on any atom is 0.246 e. The zero-order chi connectivity index (χ0) is 13.9. The molecule has 1 heterocycles. The zero-order valence-corrected chi connectivity index (χ0v) is 11.5. The number of hydrogen-bond donors (Lipinski definition) is 1. The van der Waals surface area contributed by atoms with E-state index in [9.17, 15) is 4.79 Å². The Labute approximate surface area is 114 Å². The molecular formula is C16H20N2O. The van der Waals surface area contributed by atoms with E-state index in [1.54, 1.807) is 0 Å². The minimum Gasteiger partial charge on any atom is -0.366 e. The fourth-order valence-electron chi connectivity index (χ4n) is 2.28. The van der Waals surface area contributed by atoms with Crippen LogP contribution in [0.15, 0.2) is 54.4 Å². The SMILES string of the molecule is CC(C)(Cc1ccccc1)N1C=CCC(C(N)=O)=C1. The second-order valence-electron chi connectivity index (χ2n) is 5.49. The van der Waals surface area contributed by atoms with Crippen LogP contribution in [0.4, 0.5) is 0 Å². The van der Waals surface area contributed by atoms with Crippen LogP contribution in [-0.2, 0) is 11.2 Å². The normalized spacial score (nSPS) is 15.3. The topological polar surface area (TPSA) is 46.3 Å². The summed E-state index contributed by atoms with van der Waals surface area (Å²) in [6.45, 7) is 4.32. The third kappa shape index (κ3) is 3.25. The molecule has 3 nitrogen and oxygen atoms in total. The van der Waals surface area contributed by atoms with Gasteiger partial charge in [0.15, 0.2) is 0 Å². The summed E-state index contributed by atoms with van der Waals surface area (Å²) in [4.78, 5) is 13.4. The molecule has 0 fully saturated rings. The third-order valence-corrected chi connectivity index (χ3v) is 3.39. The first kappa shape index (κ1) is 13.4. The van der Waals surface area contributed by atoms with Crippen LogP contribution in [-0.4, -0.2) is 16.3 Å². The molecule has 0 aliphatic carbocycles. The Bertz CT molecular complexity index is 515. The summed E-state index contributed by atoms with van der Waals surface area (Å²) in [6.07, 6.45) is 7.39. The van der Waals surface area contributed by atoms with Crippen LogP contribution in [0.25, 0.3) is 0 Å². The molecule has 1 aromatic carbocycles. The van der Waals surface area contributed by atoms with E-state index in [0.717, 1.165) is 6.42 Å². The van der Waals surface area contributed by atoms with Gasteiger partial charge in [0.2, 0.25) is 5.91 Å². The number of nitrogens with zero attached hydrogens (tertiary/aromatic N) is 1. The molecule has 0 atom stereocenters. The van der Waals surface area contributed by atoms with Crippen LogP contribution in [0.1, 0.15) is 25.8 Å². The van der Waals surface area contributed by atoms with E-state index in [2.05, 4.69) is 30.9 Å². The molecule has 0 aromatic heterocycles. The van der Waals surface area contributed by atoms with E-state index in [-0.39, 0.29) is 11.4 Å².